The maximum atomic E-state index is 11.9. The van der Waals surface area contributed by atoms with E-state index in [2.05, 4.69) is 15.3 Å². The Bertz CT molecular complexity index is 697. The molecule has 2 heterocycles. The van der Waals surface area contributed by atoms with Crippen molar-refractivity contribution in [1.29, 1.82) is 0 Å². The van der Waals surface area contributed by atoms with Gasteiger partial charge in [-0.25, -0.2) is 4.79 Å². The van der Waals surface area contributed by atoms with Crippen LogP contribution in [0.3, 0.4) is 0 Å². The van der Waals surface area contributed by atoms with E-state index in [0.717, 1.165) is 11.0 Å². The second-order valence-electron chi connectivity index (χ2n) is 4.35. The SMILES string of the molecule is Cn1c(=O)c2[nH]c(NCCCCO)nc2n(C)c1=O. The molecule has 3 N–H and O–H groups in total. The zero-order chi connectivity index (χ0) is 14.0. The number of unbranched alkanes of at least 4 members (excludes halogenated alkanes) is 1. The molecule has 8 nitrogen and oxygen atoms in total. The first-order chi connectivity index (χ1) is 9.06. The molecule has 8 heteroatoms. The summed E-state index contributed by atoms with van der Waals surface area (Å²) in [5.41, 5.74) is -0.170. The Balaban J connectivity index is 2.36. The standard InChI is InChI=1S/C11H17N5O3/c1-15-8-7(9(18)16(2)11(15)19)13-10(14-8)12-5-3-4-6-17/h17H,3-6H2,1-2H3,(H2,12,13,14). The number of nitrogens with one attached hydrogen (secondary N) is 2. The second kappa shape index (κ2) is 5.27. The summed E-state index contributed by atoms with van der Waals surface area (Å²) in [6, 6.07) is 0. The van der Waals surface area contributed by atoms with Crippen LogP contribution in [0.2, 0.25) is 0 Å². The predicted octanol–water partition coefficient (Wildman–Crippen LogP) is -0.855. The number of hydrogen-bond donors (Lipinski definition) is 3. The lowest BCUT2D eigenvalue weighted by atomic mass is 10.3. The summed E-state index contributed by atoms with van der Waals surface area (Å²) in [5.74, 6) is 0.450. The van der Waals surface area contributed by atoms with Gasteiger partial charge in [-0.3, -0.25) is 13.9 Å². The first-order valence-corrected chi connectivity index (χ1v) is 6.06. The number of fused-ring (bicyclic) bond motifs is 1. The van der Waals surface area contributed by atoms with Gasteiger partial charge in [0.05, 0.1) is 0 Å². The third-order valence-corrected chi connectivity index (χ3v) is 2.97. The molecule has 2 rings (SSSR count). The molecular formula is C11H17N5O3. The van der Waals surface area contributed by atoms with E-state index in [4.69, 9.17) is 5.11 Å². The molecule has 2 aromatic rings. The van der Waals surface area contributed by atoms with Crippen molar-refractivity contribution in [1.82, 2.24) is 19.1 Å². The number of hydrogen-bond acceptors (Lipinski definition) is 5. The van der Waals surface area contributed by atoms with Gasteiger partial charge in [0.25, 0.3) is 5.56 Å². The van der Waals surface area contributed by atoms with Crippen LogP contribution in [-0.4, -0.2) is 37.4 Å². The van der Waals surface area contributed by atoms with E-state index in [9.17, 15) is 9.59 Å². The fourth-order valence-corrected chi connectivity index (χ4v) is 1.85. The zero-order valence-corrected chi connectivity index (χ0v) is 10.9. The summed E-state index contributed by atoms with van der Waals surface area (Å²) in [6.07, 6.45) is 1.50. The Morgan fingerprint density at radius 3 is 2.68 bits per heavy atom. The monoisotopic (exact) mass is 267 g/mol. The summed E-state index contributed by atoms with van der Waals surface area (Å²) in [4.78, 5) is 30.7. The number of anilines is 1. The number of rotatable bonds is 5. The van der Waals surface area contributed by atoms with Crippen LogP contribution in [0.15, 0.2) is 9.59 Å². The van der Waals surface area contributed by atoms with Crippen LogP contribution in [0.1, 0.15) is 12.8 Å². The Kier molecular flexibility index (Phi) is 3.70. The van der Waals surface area contributed by atoms with E-state index in [1.165, 1.54) is 11.6 Å². The number of aromatic nitrogens is 4. The predicted molar refractivity (Wildman–Crippen MR) is 71.4 cm³/mol. The molecule has 0 amide bonds. The van der Waals surface area contributed by atoms with Crippen molar-refractivity contribution in [3.8, 4) is 0 Å². The van der Waals surface area contributed by atoms with Gasteiger partial charge in [-0.05, 0) is 12.8 Å². The van der Waals surface area contributed by atoms with Crippen molar-refractivity contribution in [3.05, 3.63) is 20.8 Å². The summed E-state index contributed by atoms with van der Waals surface area (Å²) >= 11 is 0. The molecule has 0 aliphatic carbocycles. The highest BCUT2D eigenvalue weighted by atomic mass is 16.3. The highest BCUT2D eigenvalue weighted by Crippen LogP contribution is 2.08. The number of aryl methyl sites for hydroxylation is 1. The lowest BCUT2D eigenvalue weighted by molar-refractivity contribution is 0.286. The molecule has 0 radical (unpaired) electrons. The number of aliphatic hydroxyl groups excluding tert-OH is 1. The number of nitrogens with zero attached hydrogens (tertiary/aromatic N) is 3. The molecule has 0 aliphatic heterocycles. The van der Waals surface area contributed by atoms with Crippen molar-refractivity contribution in [2.24, 2.45) is 14.1 Å². The maximum absolute atomic E-state index is 11.9. The van der Waals surface area contributed by atoms with Crippen LogP contribution in [0, 0.1) is 0 Å². The molecular weight excluding hydrogens is 250 g/mol. The highest BCUT2D eigenvalue weighted by molar-refractivity contribution is 5.72. The molecule has 0 atom stereocenters. The van der Waals surface area contributed by atoms with Gasteiger partial charge in [0.2, 0.25) is 5.95 Å². The Labute approximate surface area is 108 Å². The minimum absolute atomic E-state index is 0.150. The van der Waals surface area contributed by atoms with Gasteiger partial charge in [-0.2, -0.15) is 4.98 Å². The fourth-order valence-electron chi connectivity index (χ4n) is 1.85. The summed E-state index contributed by atoms with van der Waals surface area (Å²) in [5, 5.41) is 11.7. The van der Waals surface area contributed by atoms with E-state index in [1.54, 1.807) is 7.05 Å². The van der Waals surface area contributed by atoms with E-state index in [1.807, 2.05) is 0 Å². The van der Waals surface area contributed by atoms with E-state index < -0.39 is 11.2 Å². The van der Waals surface area contributed by atoms with Gasteiger partial charge >= 0.3 is 5.69 Å². The minimum Gasteiger partial charge on any atom is -0.396 e. The lowest BCUT2D eigenvalue weighted by Gasteiger charge is -2.00. The van der Waals surface area contributed by atoms with E-state index in [-0.39, 0.29) is 6.61 Å². The topological polar surface area (TPSA) is 105 Å². The van der Waals surface area contributed by atoms with Crippen LogP contribution in [0.25, 0.3) is 11.2 Å². The summed E-state index contributed by atoms with van der Waals surface area (Å²) < 4.78 is 2.36. The number of aliphatic hydroxyl groups is 1. The van der Waals surface area contributed by atoms with Crippen molar-refractivity contribution in [2.45, 2.75) is 12.8 Å². The normalized spacial score (nSPS) is 11.1. The Morgan fingerprint density at radius 1 is 1.26 bits per heavy atom. The van der Waals surface area contributed by atoms with Crippen LogP contribution in [-0.2, 0) is 14.1 Å². The van der Waals surface area contributed by atoms with Crippen molar-refractivity contribution in [3.63, 3.8) is 0 Å². The third kappa shape index (κ3) is 2.39. The number of aromatic amines is 1. The van der Waals surface area contributed by atoms with Gasteiger partial charge in [0.15, 0.2) is 11.2 Å². The number of H-pyrrole nitrogens is 1. The molecule has 0 bridgehead atoms. The quantitative estimate of drug-likeness (QED) is 0.612. The molecule has 0 fully saturated rings. The third-order valence-electron chi connectivity index (χ3n) is 2.97. The summed E-state index contributed by atoms with van der Waals surface area (Å²) in [7, 11) is 3.00. The van der Waals surface area contributed by atoms with Gasteiger partial charge < -0.3 is 15.4 Å². The fraction of sp³-hybridized carbons (Fsp3) is 0.545. The first kappa shape index (κ1) is 13.3. The smallest absolute Gasteiger partial charge is 0.332 e. The van der Waals surface area contributed by atoms with Crippen LogP contribution in [0.5, 0.6) is 0 Å². The van der Waals surface area contributed by atoms with Crippen molar-refractivity contribution < 1.29 is 5.11 Å². The Hall–Kier alpha value is -2.09. The second-order valence-corrected chi connectivity index (χ2v) is 4.35. The molecule has 104 valence electrons. The number of imidazole rings is 1. The molecule has 0 aromatic carbocycles. The highest BCUT2D eigenvalue weighted by Gasteiger charge is 2.12. The van der Waals surface area contributed by atoms with Gasteiger partial charge in [-0.15, -0.1) is 0 Å². The lowest BCUT2D eigenvalue weighted by Crippen LogP contribution is -2.36. The van der Waals surface area contributed by atoms with E-state index >= 15 is 0 Å². The Morgan fingerprint density at radius 2 is 2.00 bits per heavy atom. The molecule has 19 heavy (non-hydrogen) atoms. The molecule has 0 unspecified atom stereocenters. The molecule has 0 spiro atoms. The van der Waals surface area contributed by atoms with Crippen LogP contribution >= 0.6 is 0 Å². The van der Waals surface area contributed by atoms with Crippen molar-refractivity contribution in [2.75, 3.05) is 18.5 Å². The minimum atomic E-state index is -0.407. The average molecular weight is 267 g/mol. The first-order valence-electron chi connectivity index (χ1n) is 6.06. The van der Waals surface area contributed by atoms with Gasteiger partial charge in [0, 0.05) is 27.2 Å². The van der Waals surface area contributed by atoms with E-state index in [0.29, 0.717) is 30.1 Å². The molecule has 0 saturated carbocycles. The largest absolute Gasteiger partial charge is 0.396 e. The van der Waals surface area contributed by atoms with Crippen LogP contribution in [0.4, 0.5) is 5.95 Å². The average Bonchev–Trinajstić information content (AvgIpc) is 2.83. The zero-order valence-electron chi connectivity index (χ0n) is 10.9. The summed E-state index contributed by atoms with van der Waals surface area (Å²) in [6.45, 7) is 0.783. The van der Waals surface area contributed by atoms with Gasteiger partial charge in [-0.1, -0.05) is 0 Å². The van der Waals surface area contributed by atoms with Gasteiger partial charge in [0.1, 0.15) is 0 Å². The van der Waals surface area contributed by atoms with Crippen molar-refractivity contribution >= 4 is 17.1 Å². The molecule has 2 aromatic heterocycles. The molecule has 0 saturated heterocycles. The molecule has 0 aliphatic rings. The van der Waals surface area contributed by atoms with Crippen LogP contribution < -0.4 is 16.6 Å². The maximum Gasteiger partial charge on any atom is 0.332 e.